The third kappa shape index (κ3) is 5.55. The van der Waals surface area contributed by atoms with Gasteiger partial charge in [-0.15, -0.1) is 0 Å². The summed E-state index contributed by atoms with van der Waals surface area (Å²) in [6, 6.07) is 11.2. The zero-order valence-corrected chi connectivity index (χ0v) is 18.7. The Balaban J connectivity index is 1.72. The number of rotatable bonds is 8. The van der Waals surface area contributed by atoms with Gasteiger partial charge in [-0.05, 0) is 55.5 Å². The highest BCUT2D eigenvalue weighted by atomic mass is 32.2. The number of para-hydroxylation sites is 2. The molecule has 1 atom stereocenters. The first-order valence-corrected chi connectivity index (χ1v) is 10.8. The number of carbonyl (C=O) groups excluding carboxylic acids is 1. The molecule has 8 nitrogen and oxygen atoms in total. The van der Waals surface area contributed by atoms with E-state index in [1.54, 1.807) is 24.7 Å². The molecule has 0 aliphatic carbocycles. The topological polar surface area (TPSA) is 89.5 Å². The molecule has 1 heterocycles. The first-order valence-electron chi connectivity index (χ1n) is 10.0. The van der Waals surface area contributed by atoms with Crippen molar-refractivity contribution in [3.63, 3.8) is 0 Å². The monoisotopic (exact) mass is 448 g/mol. The standard InChI is InChI=1S/C22H28N2O6S/c1-27-16-8-4-5-9-17(16)30-15-7-6-13-24(14-12-15)31-19-11-10-18(28-2)21(29-3)20(19)22(25)23-26/h4-5,8-11,15,26H,6-7,12-14H2,1-3H3,(H,23,25). The van der Waals surface area contributed by atoms with E-state index in [2.05, 4.69) is 4.31 Å². The van der Waals surface area contributed by atoms with E-state index in [9.17, 15) is 10.0 Å². The van der Waals surface area contributed by atoms with Gasteiger partial charge in [0.05, 0.1) is 21.3 Å². The quantitative estimate of drug-likeness (QED) is 0.358. The van der Waals surface area contributed by atoms with Gasteiger partial charge in [-0.3, -0.25) is 10.0 Å². The van der Waals surface area contributed by atoms with E-state index >= 15 is 0 Å². The van der Waals surface area contributed by atoms with Crippen molar-refractivity contribution in [2.24, 2.45) is 0 Å². The first kappa shape index (κ1) is 23.1. The fraction of sp³-hybridized carbons (Fsp3) is 0.409. The summed E-state index contributed by atoms with van der Waals surface area (Å²) >= 11 is 1.46. The average Bonchev–Trinajstić information content (AvgIpc) is 3.03. The molecular weight excluding hydrogens is 420 g/mol. The van der Waals surface area contributed by atoms with Crippen molar-refractivity contribution in [2.45, 2.75) is 30.3 Å². The smallest absolute Gasteiger partial charge is 0.279 e. The van der Waals surface area contributed by atoms with Gasteiger partial charge < -0.3 is 18.9 Å². The lowest BCUT2D eigenvalue weighted by atomic mass is 10.1. The number of ether oxygens (including phenoxy) is 4. The van der Waals surface area contributed by atoms with Crippen LogP contribution in [0.4, 0.5) is 0 Å². The molecular formula is C22H28N2O6S. The molecule has 2 aromatic carbocycles. The second-order valence-electron chi connectivity index (χ2n) is 6.96. The first-order chi connectivity index (χ1) is 15.1. The Morgan fingerprint density at radius 3 is 2.42 bits per heavy atom. The fourth-order valence-electron chi connectivity index (χ4n) is 3.54. The van der Waals surface area contributed by atoms with Crippen molar-refractivity contribution in [1.29, 1.82) is 0 Å². The van der Waals surface area contributed by atoms with Crippen LogP contribution in [0.1, 0.15) is 29.6 Å². The second kappa shape index (κ2) is 11.1. The number of hydrogen-bond donors (Lipinski definition) is 2. The van der Waals surface area contributed by atoms with E-state index in [-0.39, 0.29) is 17.4 Å². The lowest BCUT2D eigenvalue weighted by Crippen LogP contribution is -2.23. The number of hydrogen-bond acceptors (Lipinski definition) is 8. The highest BCUT2D eigenvalue weighted by Gasteiger charge is 2.25. The lowest BCUT2D eigenvalue weighted by Gasteiger charge is -2.22. The van der Waals surface area contributed by atoms with Gasteiger partial charge in [0.25, 0.3) is 5.91 Å². The van der Waals surface area contributed by atoms with Gasteiger partial charge in [0.2, 0.25) is 0 Å². The molecule has 0 spiro atoms. The summed E-state index contributed by atoms with van der Waals surface area (Å²) in [7, 11) is 4.60. The largest absolute Gasteiger partial charge is 0.493 e. The molecule has 1 fully saturated rings. The Morgan fingerprint density at radius 1 is 1.00 bits per heavy atom. The Labute approximate surface area is 186 Å². The van der Waals surface area contributed by atoms with Gasteiger partial charge >= 0.3 is 0 Å². The number of benzene rings is 2. The Kier molecular flexibility index (Phi) is 8.27. The van der Waals surface area contributed by atoms with Gasteiger partial charge in [0.15, 0.2) is 23.0 Å². The van der Waals surface area contributed by atoms with Crippen LogP contribution in [0.15, 0.2) is 41.3 Å². The molecule has 1 aliphatic heterocycles. The zero-order chi connectivity index (χ0) is 22.2. The van der Waals surface area contributed by atoms with Crippen molar-refractivity contribution >= 4 is 17.9 Å². The van der Waals surface area contributed by atoms with Crippen LogP contribution in [0.2, 0.25) is 0 Å². The number of nitrogens with one attached hydrogen (secondary N) is 1. The van der Waals surface area contributed by atoms with Gasteiger partial charge in [-0.1, -0.05) is 12.1 Å². The minimum absolute atomic E-state index is 0.0764. The van der Waals surface area contributed by atoms with Crippen LogP contribution in [-0.4, -0.2) is 55.9 Å². The molecule has 1 unspecified atom stereocenters. The number of methoxy groups -OCH3 is 3. The Morgan fingerprint density at radius 2 is 1.74 bits per heavy atom. The Hall–Kier alpha value is -2.62. The maximum absolute atomic E-state index is 12.3. The normalized spacial score (nSPS) is 16.8. The summed E-state index contributed by atoms with van der Waals surface area (Å²) in [6.45, 7) is 1.62. The van der Waals surface area contributed by atoms with Gasteiger partial charge in [-0.2, -0.15) is 0 Å². The molecule has 0 saturated carbocycles. The van der Waals surface area contributed by atoms with Crippen molar-refractivity contribution < 1.29 is 28.9 Å². The van der Waals surface area contributed by atoms with Crippen molar-refractivity contribution in [3.8, 4) is 23.0 Å². The summed E-state index contributed by atoms with van der Waals surface area (Å²) in [5.41, 5.74) is 1.94. The van der Waals surface area contributed by atoms with Crippen LogP contribution in [0.5, 0.6) is 23.0 Å². The van der Waals surface area contributed by atoms with E-state index in [4.69, 9.17) is 18.9 Å². The van der Waals surface area contributed by atoms with Crippen LogP contribution < -0.4 is 24.4 Å². The van der Waals surface area contributed by atoms with E-state index in [0.717, 1.165) is 43.9 Å². The molecule has 0 radical (unpaired) electrons. The molecule has 3 rings (SSSR count). The third-order valence-electron chi connectivity index (χ3n) is 5.06. The lowest BCUT2D eigenvalue weighted by molar-refractivity contribution is 0.0699. The van der Waals surface area contributed by atoms with E-state index in [1.165, 1.54) is 26.2 Å². The van der Waals surface area contributed by atoms with Gasteiger partial charge in [-0.25, -0.2) is 9.79 Å². The fourth-order valence-corrected chi connectivity index (χ4v) is 4.64. The van der Waals surface area contributed by atoms with Gasteiger partial charge in [0.1, 0.15) is 11.7 Å². The minimum Gasteiger partial charge on any atom is -0.493 e. The number of hydroxylamine groups is 1. The molecule has 0 aromatic heterocycles. The van der Waals surface area contributed by atoms with E-state index in [0.29, 0.717) is 10.6 Å². The molecule has 2 N–H and O–H groups in total. The third-order valence-corrected chi connectivity index (χ3v) is 6.22. The van der Waals surface area contributed by atoms with Gasteiger partial charge in [0, 0.05) is 18.0 Å². The zero-order valence-electron chi connectivity index (χ0n) is 17.9. The average molecular weight is 449 g/mol. The minimum atomic E-state index is -0.648. The summed E-state index contributed by atoms with van der Waals surface area (Å²) in [5.74, 6) is 1.53. The second-order valence-corrected chi connectivity index (χ2v) is 8.10. The molecule has 9 heteroatoms. The highest BCUT2D eigenvalue weighted by molar-refractivity contribution is 7.97. The van der Waals surface area contributed by atoms with Crippen LogP contribution in [0.25, 0.3) is 0 Å². The van der Waals surface area contributed by atoms with Crippen molar-refractivity contribution in [3.05, 3.63) is 42.0 Å². The maximum Gasteiger partial charge on any atom is 0.279 e. The molecule has 2 aromatic rings. The predicted octanol–water partition coefficient (Wildman–Crippen LogP) is 3.77. The highest BCUT2D eigenvalue weighted by Crippen LogP contribution is 2.39. The molecule has 1 aliphatic rings. The number of amides is 1. The summed E-state index contributed by atoms with van der Waals surface area (Å²) in [6.07, 6.45) is 2.78. The van der Waals surface area contributed by atoms with E-state index in [1.807, 2.05) is 24.3 Å². The van der Waals surface area contributed by atoms with Crippen LogP contribution >= 0.6 is 11.9 Å². The van der Waals surface area contributed by atoms with Crippen molar-refractivity contribution in [1.82, 2.24) is 9.79 Å². The van der Waals surface area contributed by atoms with E-state index < -0.39 is 5.91 Å². The molecule has 0 bridgehead atoms. The van der Waals surface area contributed by atoms with Crippen molar-refractivity contribution in [2.75, 3.05) is 34.4 Å². The summed E-state index contributed by atoms with van der Waals surface area (Å²) < 4.78 is 24.5. The SMILES string of the molecule is COc1ccccc1OC1CCCN(Sc2ccc(OC)c(OC)c2C(=O)NO)CC1. The summed E-state index contributed by atoms with van der Waals surface area (Å²) in [4.78, 5) is 13.0. The predicted molar refractivity (Wildman–Crippen MR) is 117 cm³/mol. The maximum atomic E-state index is 12.3. The Bertz CT molecular complexity index is 894. The van der Waals surface area contributed by atoms with Crippen LogP contribution in [0, 0.1) is 0 Å². The summed E-state index contributed by atoms with van der Waals surface area (Å²) in [5, 5.41) is 9.22. The van der Waals surface area contributed by atoms with Crippen LogP contribution in [0.3, 0.4) is 0 Å². The molecule has 31 heavy (non-hydrogen) atoms. The van der Waals surface area contributed by atoms with Crippen LogP contribution in [-0.2, 0) is 0 Å². The molecule has 1 saturated heterocycles. The number of nitrogens with zero attached hydrogens (tertiary/aromatic N) is 1. The molecule has 168 valence electrons. The molecule has 1 amide bonds. The number of carbonyl (C=O) groups is 1.